The minimum Gasteiger partial charge on any atom is -0.384 e. The number of amides is 6. The Hall–Kier alpha value is -6.94. The molecule has 92 heavy (non-hydrogen) atoms. The number of hydrogen-bond acceptors (Lipinski definition) is 16. The van der Waals surface area contributed by atoms with Crippen molar-refractivity contribution in [2.24, 2.45) is 16.2 Å². The molecular weight excluding hydrogens is 1260 g/mol. The van der Waals surface area contributed by atoms with Crippen LogP contribution in [0.3, 0.4) is 0 Å². The highest BCUT2D eigenvalue weighted by Gasteiger charge is 2.73. The van der Waals surface area contributed by atoms with Gasteiger partial charge < -0.3 is 20.4 Å². The molecule has 12 rings (SSSR count). The summed E-state index contributed by atoms with van der Waals surface area (Å²) < 4.78 is 127. The molecule has 2 bridgehead atoms. The molecule has 8 aliphatic rings. The van der Waals surface area contributed by atoms with E-state index in [1.54, 1.807) is 29.2 Å². The van der Waals surface area contributed by atoms with Crippen LogP contribution in [0, 0.1) is 16.2 Å². The molecule has 2 atom stereocenters. The molecule has 0 aromatic heterocycles. The van der Waals surface area contributed by atoms with E-state index in [-0.39, 0.29) is 58.4 Å². The number of sulfonamides is 1. The maximum absolute atomic E-state index is 14.5. The molecule has 27 heteroatoms. The van der Waals surface area contributed by atoms with Gasteiger partial charge in [0.2, 0.25) is 24.1 Å². The number of carbonyl (C=O) groups is 6. The Morgan fingerprint density at radius 1 is 0.783 bits per heavy atom. The number of thioether (sulfide) groups is 1. The number of nitrogens with zero attached hydrogens (tertiary/aromatic N) is 5. The van der Waals surface area contributed by atoms with Crippen molar-refractivity contribution in [2.75, 3.05) is 93.3 Å². The molecule has 494 valence electrons. The van der Waals surface area contributed by atoms with Gasteiger partial charge in [0.05, 0.1) is 21.7 Å². The summed E-state index contributed by atoms with van der Waals surface area (Å²) in [6, 6.07) is 20.7. The van der Waals surface area contributed by atoms with Gasteiger partial charge in [0.15, 0.2) is 0 Å². The third kappa shape index (κ3) is 14.0. The summed E-state index contributed by atoms with van der Waals surface area (Å²) in [5.74, 6) is -3.32. The topological polar surface area (TPSA) is 235 Å². The van der Waals surface area contributed by atoms with Gasteiger partial charge >= 0.3 is 5.51 Å². The van der Waals surface area contributed by atoms with Crippen molar-refractivity contribution in [3.8, 4) is 0 Å². The first-order valence-electron chi connectivity index (χ1n) is 31.3. The molecule has 3 saturated carbocycles. The number of piperazine rings is 2. The van der Waals surface area contributed by atoms with Gasteiger partial charge in [-0.25, -0.2) is 30.3 Å². The number of imide groups is 2. The van der Waals surface area contributed by atoms with Crippen LogP contribution in [0.15, 0.2) is 117 Å². The lowest BCUT2D eigenvalue weighted by atomic mass is 9.32. The Labute approximate surface area is 536 Å². The number of alkyl halides is 5. The van der Waals surface area contributed by atoms with Crippen molar-refractivity contribution >= 4 is 84.1 Å². The molecule has 4 aliphatic heterocycles. The van der Waals surface area contributed by atoms with Crippen LogP contribution in [-0.2, 0) is 34.2 Å². The maximum Gasteiger partial charge on any atom is 0.501 e. The van der Waals surface area contributed by atoms with Gasteiger partial charge in [-0.2, -0.15) is 13.2 Å². The largest absolute Gasteiger partial charge is 0.501 e. The third-order valence-corrected chi connectivity index (χ3v) is 23.4. The molecule has 4 aromatic rings. The fraction of sp³-hybridized carbons (Fsp3) is 0.508. The number of fused-ring (bicyclic) bond motifs is 1. The zero-order valence-corrected chi connectivity index (χ0v) is 53.7. The Morgan fingerprint density at radius 3 is 2.15 bits per heavy atom. The van der Waals surface area contributed by atoms with Crippen molar-refractivity contribution in [1.29, 1.82) is 0 Å². The van der Waals surface area contributed by atoms with Gasteiger partial charge in [0.25, 0.3) is 37.6 Å². The average Bonchev–Trinajstić information content (AvgIpc) is 0.713. The van der Waals surface area contributed by atoms with Crippen LogP contribution in [0.4, 0.5) is 39.0 Å². The van der Waals surface area contributed by atoms with E-state index < -0.39 is 94.3 Å². The Balaban J connectivity index is 0.674. The number of allylic oxidation sites excluding steroid dienone is 1. The van der Waals surface area contributed by atoms with E-state index in [4.69, 9.17) is 0 Å². The lowest BCUT2D eigenvalue weighted by Gasteiger charge is -2.72. The van der Waals surface area contributed by atoms with Crippen LogP contribution in [0.25, 0.3) is 0 Å². The third-order valence-electron chi connectivity index (χ3n) is 19.4. The van der Waals surface area contributed by atoms with Crippen LogP contribution in [0.2, 0.25) is 0 Å². The molecule has 19 nitrogen and oxygen atoms in total. The van der Waals surface area contributed by atoms with Crippen LogP contribution < -0.4 is 25.6 Å². The number of rotatable bonds is 24. The number of halogens is 5. The molecule has 1 unspecified atom stereocenters. The predicted molar refractivity (Wildman–Crippen MR) is 336 cm³/mol. The Morgan fingerprint density at radius 2 is 1.48 bits per heavy atom. The second-order valence-corrected chi connectivity index (χ2v) is 31.0. The molecule has 6 amide bonds. The molecule has 4 N–H and O–H groups in total. The van der Waals surface area contributed by atoms with E-state index >= 15 is 0 Å². The van der Waals surface area contributed by atoms with Gasteiger partial charge in [-0.05, 0) is 142 Å². The van der Waals surface area contributed by atoms with Crippen molar-refractivity contribution < 1.29 is 67.6 Å². The van der Waals surface area contributed by atoms with E-state index in [0.717, 1.165) is 66.5 Å². The highest BCUT2D eigenvalue weighted by atomic mass is 32.2. The molecule has 4 aliphatic carbocycles. The first-order chi connectivity index (χ1) is 43.6. The number of unbranched alkanes of at least 4 members (excludes halogenated alkanes) is 1. The van der Waals surface area contributed by atoms with E-state index in [1.807, 2.05) is 35.1 Å². The first kappa shape index (κ1) is 66.5. The van der Waals surface area contributed by atoms with Crippen LogP contribution in [-0.4, -0.2) is 174 Å². The minimum absolute atomic E-state index is 0.00162. The van der Waals surface area contributed by atoms with Crippen LogP contribution >= 0.6 is 11.8 Å². The number of hydrogen-bond donors (Lipinski definition) is 4. The van der Waals surface area contributed by atoms with Crippen molar-refractivity contribution in [2.45, 2.75) is 130 Å². The lowest BCUT2D eigenvalue weighted by Crippen LogP contribution is -2.66. The lowest BCUT2D eigenvalue weighted by molar-refractivity contribution is -0.250. The van der Waals surface area contributed by atoms with Gasteiger partial charge in [0.1, 0.15) is 10.9 Å². The zero-order valence-electron chi connectivity index (χ0n) is 51.3. The highest BCUT2D eigenvalue weighted by Crippen LogP contribution is 2.79. The number of piperidine rings is 1. The van der Waals surface area contributed by atoms with E-state index in [2.05, 4.69) is 44.5 Å². The monoisotopic (exact) mass is 1330 g/mol. The Kier molecular flexibility index (Phi) is 19.1. The van der Waals surface area contributed by atoms with Crippen molar-refractivity contribution in [3.63, 3.8) is 0 Å². The quantitative estimate of drug-likeness (QED) is 0.0168. The van der Waals surface area contributed by atoms with Gasteiger partial charge in [-0.15, -0.1) is 11.8 Å². The summed E-state index contributed by atoms with van der Waals surface area (Å²) in [7, 11) is -11.1. The van der Waals surface area contributed by atoms with Crippen molar-refractivity contribution in [3.05, 3.63) is 119 Å². The Bertz CT molecular complexity index is 3760. The summed E-state index contributed by atoms with van der Waals surface area (Å²) in [5, 5.41) is 8.37. The van der Waals surface area contributed by atoms with Gasteiger partial charge in [-0.3, -0.25) is 48.8 Å². The smallest absolute Gasteiger partial charge is 0.384 e. The van der Waals surface area contributed by atoms with E-state index in [0.29, 0.717) is 103 Å². The van der Waals surface area contributed by atoms with Gasteiger partial charge in [0, 0.05) is 124 Å². The number of anilines is 3. The average molecular weight is 1330 g/mol. The molecule has 0 radical (unpaired) electrons. The summed E-state index contributed by atoms with van der Waals surface area (Å²) in [5.41, 5.74) is -2.86. The predicted octanol–water partition coefficient (Wildman–Crippen LogP) is 8.95. The normalized spacial score (nSPS) is 23.2. The molecule has 4 heterocycles. The summed E-state index contributed by atoms with van der Waals surface area (Å²) in [6.45, 7) is 10.6. The number of nitrogens with one attached hydrogen (secondary N) is 4. The summed E-state index contributed by atoms with van der Waals surface area (Å²) >= 11 is 1.38. The number of benzene rings is 4. The van der Waals surface area contributed by atoms with Gasteiger partial charge in [-0.1, -0.05) is 49.3 Å². The minimum atomic E-state index is -6.19. The number of carbonyl (C=O) groups excluding carboxylic acids is 6. The van der Waals surface area contributed by atoms with E-state index in [1.165, 1.54) is 41.1 Å². The number of sulfone groups is 1. The van der Waals surface area contributed by atoms with Crippen LogP contribution in [0.5, 0.6) is 0 Å². The van der Waals surface area contributed by atoms with E-state index in [9.17, 15) is 67.6 Å². The summed E-state index contributed by atoms with van der Waals surface area (Å²) in [6.07, 6.45) is 4.01. The molecular formula is C65H76F5N9O10S3. The molecule has 4 aromatic carbocycles. The fourth-order valence-electron chi connectivity index (χ4n) is 14.3. The fourth-order valence-corrected chi connectivity index (χ4v) is 17.3. The van der Waals surface area contributed by atoms with Crippen molar-refractivity contribution in [1.82, 2.24) is 29.6 Å². The molecule has 0 spiro atoms. The molecule has 6 fully saturated rings. The maximum atomic E-state index is 14.5. The van der Waals surface area contributed by atoms with Crippen LogP contribution in [0.1, 0.15) is 122 Å². The first-order valence-corrected chi connectivity index (χ1v) is 35.2. The zero-order chi connectivity index (χ0) is 65.5. The summed E-state index contributed by atoms with van der Waals surface area (Å²) in [4.78, 5) is 85.8. The standard InChI is InChI=1S/C65H76F5N9O10S3/c1-62(2)24-22-43(49(36-62)63-39-64(40-63,41-63)61(66)67)37-76-29-31-77(32-30-76)45-16-14-42(15-17-45)57(82)74-92(88,89)47-18-19-50(53(35-47)91(86,87)65(68,69)70)72-44(38-90-46-9-4-3-5-10-46)23-26-75-27-33-78(34-28-75)55(81)13-6-7-25-71-51-12-8-11-48-56(51)60(85)79(59(48)84)52-20-21-54(80)73-58(52)83/h3-5,8-12,14-19,35,44,52,61,71-72H,6-7,13,20-34,36-41H2,1-2H3,(H,74,82)(H,73,80,83)/t44-,52?,63?,64?/m1/s1. The second-order valence-electron chi connectivity index (χ2n) is 26.3. The SMILES string of the molecule is CC1(C)CCC(CN2CCN(c3ccc(C(=O)NS(=O)(=O)c4ccc(N[C@H](CCN5CCN(C(=O)CCCCNc6cccc7c6C(=O)N(C6CCC(=O)NC6=O)C7=O)CC5)CSc5ccccc5)c(S(=O)(=O)C(F)(F)F)c4)cc3)CC2)=C(C23CC(C(F)F)(C2)C3)C1. The highest BCUT2D eigenvalue weighted by molar-refractivity contribution is 7.99. The molecule has 3 saturated heterocycles. The second kappa shape index (κ2) is 26.5.